The summed E-state index contributed by atoms with van der Waals surface area (Å²) in [5.74, 6) is 1.19. The Morgan fingerprint density at radius 2 is 1.94 bits per heavy atom. The van der Waals surface area contributed by atoms with Crippen LogP contribution in [-0.4, -0.2) is 71.4 Å². The van der Waals surface area contributed by atoms with Gasteiger partial charge in [-0.05, 0) is 18.2 Å². The number of aromatic nitrogens is 3. The van der Waals surface area contributed by atoms with Gasteiger partial charge in [0.05, 0.1) is 37.6 Å². The maximum absolute atomic E-state index is 14.0. The summed E-state index contributed by atoms with van der Waals surface area (Å²) in [6, 6.07) is 8.83. The summed E-state index contributed by atoms with van der Waals surface area (Å²) in [5, 5.41) is 1.64. The minimum Gasteiger partial charge on any atom is -0.495 e. The first-order valence-electron chi connectivity index (χ1n) is 10.1. The number of halogens is 2. The highest BCUT2D eigenvalue weighted by molar-refractivity contribution is 6.10. The maximum Gasteiger partial charge on any atom is 0.297 e. The molecule has 32 heavy (non-hydrogen) atoms. The van der Waals surface area contributed by atoms with Crippen LogP contribution in [-0.2, 0) is 4.74 Å². The topological polar surface area (TPSA) is 80.4 Å². The highest BCUT2D eigenvalue weighted by Gasteiger charge is 2.31. The average Bonchev–Trinajstić information content (AvgIpc) is 3.24. The highest BCUT2D eigenvalue weighted by Crippen LogP contribution is 2.26. The van der Waals surface area contributed by atoms with Crippen LogP contribution in [0.2, 0.25) is 0 Å². The SMILES string of the molecule is COc1cncc(C2=NCN(n3c(C(F)F)nc4ccccc43)C(N3CCOCC3)=N2)c1. The van der Waals surface area contributed by atoms with E-state index in [1.165, 1.54) is 4.68 Å². The van der Waals surface area contributed by atoms with Crippen LogP contribution in [0, 0.1) is 0 Å². The number of alkyl halides is 2. The summed E-state index contributed by atoms with van der Waals surface area (Å²) < 4.78 is 40.1. The second-order valence-electron chi connectivity index (χ2n) is 7.22. The van der Waals surface area contributed by atoms with E-state index in [0.29, 0.717) is 60.4 Å². The first kappa shape index (κ1) is 20.3. The Hall–Kier alpha value is -3.60. The molecule has 0 spiro atoms. The monoisotopic (exact) mass is 441 g/mol. The van der Waals surface area contributed by atoms with Crippen molar-refractivity contribution >= 4 is 22.8 Å². The maximum atomic E-state index is 14.0. The number of methoxy groups -OCH3 is 1. The molecule has 0 radical (unpaired) electrons. The smallest absolute Gasteiger partial charge is 0.297 e. The molecule has 4 heterocycles. The molecular formula is C21H21F2N7O2. The van der Waals surface area contributed by atoms with E-state index >= 15 is 0 Å². The zero-order chi connectivity index (χ0) is 22.1. The van der Waals surface area contributed by atoms with Crippen molar-refractivity contribution in [1.29, 1.82) is 0 Å². The zero-order valence-corrected chi connectivity index (χ0v) is 17.4. The molecule has 11 heteroatoms. The molecule has 1 fully saturated rings. The summed E-state index contributed by atoms with van der Waals surface area (Å²) in [7, 11) is 1.56. The van der Waals surface area contributed by atoms with Gasteiger partial charge in [0.2, 0.25) is 5.96 Å². The van der Waals surface area contributed by atoms with Gasteiger partial charge in [-0.15, -0.1) is 0 Å². The summed E-state index contributed by atoms with van der Waals surface area (Å²) in [5.41, 5.74) is 1.72. The number of fused-ring (bicyclic) bond motifs is 1. The van der Waals surface area contributed by atoms with E-state index in [0.717, 1.165) is 0 Å². The van der Waals surface area contributed by atoms with Crippen molar-refractivity contribution in [2.24, 2.45) is 9.98 Å². The molecule has 0 aliphatic carbocycles. The van der Waals surface area contributed by atoms with E-state index in [1.54, 1.807) is 54.8 Å². The van der Waals surface area contributed by atoms with Gasteiger partial charge in [0.15, 0.2) is 11.7 Å². The van der Waals surface area contributed by atoms with Gasteiger partial charge in [0.25, 0.3) is 6.43 Å². The van der Waals surface area contributed by atoms with Crippen LogP contribution in [0.3, 0.4) is 0 Å². The second-order valence-corrected chi connectivity index (χ2v) is 7.22. The van der Waals surface area contributed by atoms with Crippen molar-refractivity contribution in [3.05, 3.63) is 54.1 Å². The number of amidine groups is 1. The normalized spacial score (nSPS) is 17.0. The molecule has 0 N–H and O–H groups in total. The fraction of sp³-hybridized carbons (Fsp3) is 0.333. The first-order valence-corrected chi connectivity index (χ1v) is 10.1. The molecule has 5 rings (SSSR count). The summed E-state index contributed by atoms with van der Waals surface area (Å²) in [4.78, 5) is 19.7. The molecular weight excluding hydrogens is 420 g/mol. The molecule has 2 aliphatic heterocycles. The highest BCUT2D eigenvalue weighted by atomic mass is 19.3. The molecule has 0 bridgehead atoms. The Morgan fingerprint density at radius 3 is 2.72 bits per heavy atom. The number of benzene rings is 1. The molecule has 0 saturated carbocycles. The number of morpholine rings is 1. The van der Waals surface area contributed by atoms with Crippen molar-refractivity contribution in [1.82, 2.24) is 19.5 Å². The van der Waals surface area contributed by atoms with Gasteiger partial charge >= 0.3 is 0 Å². The molecule has 0 unspecified atom stereocenters. The van der Waals surface area contributed by atoms with Crippen LogP contribution in [0.4, 0.5) is 8.78 Å². The summed E-state index contributed by atoms with van der Waals surface area (Å²) in [6.07, 6.45) is 0.480. The molecule has 166 valence electrons. The number of hydrogen-bond donors (Lipinski definition) is 0. The summed E-state index contributed by atoms with van der Waals surface area (Å²) >= 11 is 0. The van der Waals surface area contributed by atoms with Gasteiger partial charge in [-0.1, -0.05) is 12.1 Å². The lowest BCUT2D eigenvalue weighted by atomic mass is 10.2. The van der Waals surface area contributed by atoms with E-state index in [4.69, 9.17) is 14.5 Å². The van der Waals surface area contributed by atoms with Crippen LogP contribution in [0.5, 0.6) is 5.75 Å². The standard InChI is InChI=1S/C21H21F2N7O2/c1-31-15-10-14(11-24-12-15)19-25-13-29(21(27-19)28-6-8-32-9-7-28)30-17-5-3-2-4-16(17)26-20(30)18(22)23/h2-5,10-12,18H,6-9,13H2,1H3. The number of pyridine rings is 1. The molecule has 2 aliphatic rings. The number of guanidine groups is 1. The number of imidazole rings is 1. The third-order valence-electron chi connectivity index (χ3n) is 5.29. The Morgan fingerprint density at radius 1 is 1.12 bits per heavy atom. The Balaban J connectivity index is 1.62. The number of para-hydroxylation sites is 2. The van der Waals surface area contributed by atoms with E-state index in [-0.39, 0.29) is 12.5 Å². The van der Waals surface area contributed by atoms with Gasteiger partial charge < -0.3 is 14.4 Å². The van der Waals surface area contributed by atoms with Crippen molar-refractivity contribution < 1.29 is 18.3 Å². The molecule has 3 aromatic rings. The zero-order valence-electron chi connectivity index (χ0n) is 17.4. The Kier molecular flexibility index (Phi) is 5.39. The van der Waals surface area contributed by atoms with Crippen molar-refractivity contribution in [2.75, 3.05) is 45.1 Å². The number of rotatable bonds is 4. The fourth-order valence-electron chi connectivity index (χ4n) is 3.77. The van der Waals surface area contributed by atoms with Gasteiger partial charge in [-0.2, -0.15) is 4.99 Å². The van der Waals surface area contributed by atoms with Gasteiger partial charge in [0.1, 0.15) is 12.4 Å². The Labute approximate surface area is 182 Å². The molecule has 2 aromatic heterocycles. The van der Waals surface area contributed by atoms with E-state index < -0.39 is 6.43 Å². The third-order valence-corrected chi connectivity index (χ3v) is 5.29. The van der Waals surface area contributed by atoms with Crippen LogP contribution in [0.1, 0.15) is 17.8 Å². The van der Waals surface area contributed by atoms with E-state index in [9.17, 15) is 8.78 Å². The predicted octanol–water partition coefficient (Wildman–Crippen LogP) is 2.42. The van der Waals surface area contributed by atoms with Crippen molar-refractivity contribution in [3.8, 4) is 5.75 Å². The molecule has 0 amide bonds. The van der Waals surface area contributed by atoms with E-state index in [1.807, 2.05) is 4.90 Å². The number of aliphatic imine (C=N–C) groups is 2. The number of nitrogens with zero attached hydrogens (tertiary/aromatic N) is 7. The molecule has 1 aromatic carbocycles. The summed E-state index contributed by atoms with van der Waals surface area (Å²) in [6.45, 7) is 2.28. The average molecular weight is 441 g/mol. The van der Waals surface area contributed by atoms with Crippen molar-refractivity contribution in [3.63, 3.8) is 0 Å². The minimum atomic E-state index is -2.76. The third kappa shape index (κ3) is 3.64. The lowest BCUT2D eigenvalue weighted by molar-refractivity contribution is 0.0665. The lowest BCUT2D eigenvalue weighted by Crippen LogP contribution is -2.55. The predicted molar refractivity (Wildman–Crippen MR) is 115 cm³/mol. The van der Waals surface area contributed by atoms with Gasteiger partial charge in [-0.3, -0.25) is 4.98 Å². The van der Waals surface area contributed by atoms with Gasteiger partial charge in [-0.25, -0.2) is 28.4 Å². The van der Waals surface area contributed by atoms with Crippen LogP contribution >= 0.6 is 0 Å². The van der Waals surface area contributed by atoms with Gasteiger partial charge in [0, 0.05) is 24.8 Å². The Bertz CT molecular complexity index is 1190. The molecule has 1 saturated heterocycles. The molecule has 0 atom stereocenters. The van der Waals surface area contributed by atoms with Crippen LogP contribution < -0.4 is 9.75 Å². The number of hydrogen-bond acceptors (Lipinski definition) is 8. The lowest BCUT2D eigenvalue weighted by Gasteiger charge is -2.38. The van der Waals surface area contributed by atoms with Crippen LogP contribution in [0.25, 0.3) is 11.0 Å². The van der Waals surface area contributed by atoms with E-state index in [2.05, 4.69) is 15.0 Å². The molecule has 9 nitrogen and oxygen atoms in total. The first-order chi connectivity index (χ1) is 15.7. The van der Waals surface area contributed by atoms with Crippen LogP contribution in [0.15, 0.2) is 52.7 Å². The minimum absolute atomic E-state index is 0.0861. The second kappa shape index (κ2) is 8.50. The van der Waals surface area contributed by atoms with Crippen molar-refractivity contribution in [2.45, 2.75) is 6.43 Å². The quantitative estimate of drug-likeness (QED) is 0.619. The fourth-order valence-corrected chi connectivity index (χ4v) is 3.77. The number of ether oxygens (including phenoxy) is 2. The largest absolute Gasteiger partial charge is 0.495 e.